The van der Waals surface area contributed by atoms with Crippen molar-refractivity contribution in [2.45, 2.75) is 0 Å². The van der Waals surface area contributed by atoms with E-state index in [2.05, 4.69) is 22.3 Å². The van der Waals surface area contributed by atoms with E-state index < -0.39 is 0 Å². The Morgan fingerprint density at radius 1 is 1.06 bits per heavy atom. The van der Waals surface area contributed by atoms with Gasteiger partial charge in [-0.3, -0.25) is 0 Å². The number of hydrogen-bond acceptors (Lipinski definition) is 2. The predicted octanol–water partition coefficient (Wildman–Crippen LogP) is 0.967. The molecule has 0 radical (unpaired) electrons. The fraction of sp³-hybridized carbons (Fsp3) is 0.400. The summed E-state index contributed by atoms with van der Waals surface area (Å²) in [4.78, 5) is 2.71. The van der Waals surface area contributed by atoms with Gasteiger partial charge in [-0.25, -0.2) is 5.21 Å². The summed E-state index contributed by atoms with van der Waals surface area (Å²) in [6, 6.07) is 10.1. The third-order valence-corrected chi connectivity index (χ3v) is 2.71. The van der Waals surface area contributed by atoms with Gasteiger partial charge in [0.05, 0.1) is 13.1 Å². The minimum absolute atomic E-state index is 0.488. The topological polar surface area (TPSA) is 62.3 Å². The molecule has 86 valence electrons. The molecule has 1 aromatic rings. The fourth-order valence-electron chi connectivity index (χ4n) is 1.83. The Labute approximate surface area is 93.5 Å². The van der Waals surface area contributed by atoms with Crippen LogP contribution in [0, 0.1) is 0 Å². The molecule has 0 bridgehead atoms. The van der Waals surface area contributed by atoms with Gasteiger partial charge in [0.2, 0.25) is 0 Å². The largest absolute Gasteiger partial charge is 0.368 e. The zero-order chi connectivity index (χ0) is 11.4. The summed E-state index contributed by atoms with van der Waals surface area (Å²) in [5, 5.41) is 21.9. The highest BCUT2D eigenvalue weighted by Crippen LogP contribution is 2.15. The van der Waals surface area contributed by atoms with Crippen molar-refractivity contribution in [3.63, 3.8) is 0 Å². The SMILES string of the molecule is ON=[N+](O)N1CCN(c2ccccc2)CC1. The zero-order valence-corrected chi connectivity index (χ0v) is 8.90. The van der Waals surface area contributed by atoms with Crippen molar-refractivity contribution >= 4 is 5.69 Å². The molecule has 2 N–H and O–H groups in total. The molecule has 6 nitrogen and oxygen atoms in total. The molecule has 0 saturated carbocycles. The van der Waals surface area contributed by atoms with Crippen molar-refractivity contribution in [3.8, 4) is 0 Å². The summed E-state index contributed by atoms with van der Waals surface area (Å²) < 4.78 is 0. The van der Waals surface area contributed by atoms with Gasteiger partial charge in [0.1, 0.15) is 0 Å². The Morgan fingerprint density at radius 3 is 2.25 bits per heavy atom. The fourth-order valence-corrected chi connectivity index (χ4v) is 1.83. The van der Waals surface area contributed by atoms with Crippen LogP contribution in [-0.4, -0.2) is 46.6 Å². The van der Waals surface area contributed by atoms with Gasteiger partial charge in [0.15, 0.2) is 0 Å². The van der Waals surface area contributed by atoms with E-state index in [1.165, 1.54) is 5.69 Å². The van der Waals surface area contributed by atoms with Crippen LogP contribution in [-0.2, 0) is 0 Å². The normalized spacial score (nSPS) is 17.6. The van der Waals surface area contributed by atoms with E-state index in [9.17, 15) is 0 Å². The van der Waals surface area contributed by atoms with Crippen LogP contribution in [0.5, 0.6) is 0 Å². The maximum Gasteiger partial charge on any atom is 0.271 e. The minimum Gasteiger partial charge on any atom is -0.368 e. The van der Waals surface area contributed by atoms with E-state index in [1.54, 1.807) is 5.01 Å². The first-order valence-electron chi connectivity index (χ1n) is 5.20. The van der Waals surface area contributed by atoms with Crippen LogP contribution in [0.1, 0.15) is 0 Å². The lowest BCUT2D eigenvalue weighted by molar-refractivity contribution is -0.941. The molecule has 1 aromatic carbocycles. The molecule has 1 heterocycles. The molecule has 6 heteroatoms. The molecular formula is C10H15N4O2+. The molecule has 1 aliphatic heterocycles. The number of anilines is 1. The van der Waals surface area contributed by atoms with Gasteiger partial charge >= 0.3 is 0 Å². The van der Waals surface area contributed by atoms with Crippen molar-refractivity contribution in [1.29, 1.82) is 0 Å². The maximum absolute atomic E-state index is 9.16. The lowest BCUT2D eigenvalue weighted by atomic mass is 10.2. The van der Waals surface area contributed by atoms with Crippen LogP contribution in [0.25, 0.3) is 0 Å². The summed E-state index contributed by atoms with van der Waals surface area (Å²) in [5.74, 6) is 0. The monoisotopic (exact) mass is 223 g/mol. The Balaban J connectivity index is 1.96. The van der Waals surface area contributed by atoms with Crippen LogP contribution >= 0.6 is 0 Å². The van der Waals surface area contributed by atoms with Crippen molar-refractivity contribution in [2.75, 3.05) is 31.1 Å². The second-order valence-corrected chi connectivity index (χ2v) is 3.63. The quantitative estimate of drug-likeness (QED) is 0.445. The van der Waals surface area contributed by atoms with E-state index in [4.69, 9.17) is 10.4 Å². The van der Waals surface area contributed by atoms with Gasteiger partial charge in [0.25, 0.3) is 10.2 Å². The maximum atomic E-state index is 9.16. The second kappa shape index (κ2) is 4.69. The predicted molar refractivity (Wildman–Crippen MR) is 56.5 cm³/mol. The average molecular weight is 223 g/mol. The molecule has 0 aliphatic carbocycles. The highest BCUT2D eigenvalue weighted by atomic mass is 16.6. The highest BCUT2D eigenvalue weighted by Gasteiger charge is 2.25. The minimum atomic E-state index is 0.488. The molecule has 0 amide bonds. The van der Waals surface area contributed by atoms with Gasteiger partial charge in [-0.1, -0.05) is 18.2 Å². The number of rotatable bonds is 2. The van der Waals surface area contributed by atoms with E-state index in [0.717, 1.165) is 13.1 Å². The summed E-state index contributed by atoms with van der Waals surface area (Å²) in [6.07, 6.45) is 0. The first kappa shape index (κ1) is 10.5. The Kier molecular flexibility index (Phi) is 3.09. The van der Waals surface area contributed by atoms with E-state index in [1.807, 2.05) is 18.2 Å². The van der Waals surface area contributed by atoms with Crippen LogP contribution in [0.15, 0.2) is 35.6 Å². The van der Waals surface area contributed by atoms with E-state index >= 15 is 0 Å². The zero-order valence-electron chi connectivity index (χ0n) is 8.90. The third-order valence-electron chi connectivity index (χ3n) is 2.71. The first-order valence-corrected chi connectivity index (χ1v) is 5.20. The van der Waals surface area contributed by atoms with Crippen molar-refractivity contribution in [3.05, 3.63) is 30.3 Å². The average Bonchev–Trinajstić information content (AvgIpc) is 2.39. The number of para-hydroxylation sites is 1. The molecule has 0 aromatic heterocycles. The van der Waals surface area contributed by atoms with E-state index in [-0.39, 0.29) is 0 Å². The summed E-state index contributed by atoms with van der Waals surface area (Å²) in [5.41, 5.74) is 1.17. The van der Waals surface area contributed by atoms with Gasteiger partial charge in [-0.2, -0.15) is 0 Å². The van der Waals surface area contributed by atoms with Crippen LogP contribution in [0.2, 0.25) is 0 Å². The Bertz CT molecular complexity index is 360. The smallest absolute Gasteiger partial charge is 0.271 e. The molecule has 0 unspecified atom stereocenters. The van der Waals surface area contributed by atoms with E-state index in [0.29, 0.717) is 18.1 Å². The van der Waals surface area contributed by atoms with Crippen molar-refractivity contribution in [2.24, 2.45) is 5.28 Å². The Morgan fingerprint density at radius 2 is 1.69 bits per heavy atom. The third kappa shape index (κ3) is 2.16. The number of hydrogen-bond donors (Lipinski definition) is 2. The van der Waals surface area contributed by atoms with Gasteiger partial charge in [-0.15, -0.1) is 5.01 Å². The van der Waals surface area contributed by atoms with Crippen LogP contribution in [0.3, 0.4) is 0 Å². The molecule has 0 spiro atoms. The second-order valence-electron chi connectivity index (χ2n) is 3.63. The molecule has 1 aliphatic rings. The molecule has 2 rings (SSSR count). The van der Waals surface area contributed by atoms with Gasteiger partial charge in [0, 0.05) is 18.8 Å². The molecular weight excluding hydrogens is 208 g/mol. The summed E-state index contributed by atoms with van der Waals surface area (Å²) in [6.45, 7) is 2.82. The molecule has 1 saturated heterocycles. The Hall–Kier alpha value is -1.98. The lowest BCUT2D eigenvalue weighted by Crippen LogP contribution is -2.49. The summed E-state index contributed by atoms with van der Waals surface area (Å²) in [7, 11) is 0. The molecule has 1 fully saturated rings. The number of hydrazine groups is 1. The lowest BCUT2D eigenvalue weighted by Gasteiger charge is -2.30. The standard InChI is InChI=1S/C10H14N4O2/c15-11-14(16)13-8-6-12(7-9-13)10-4-2-1-3-5-10/h1-5,16H,6-9H2/p+1. The van der Waals surface area contributed by atoms with Gasteiger partial charge in [-0.05, 0) is 12.1 Å². The molecule has 0 atom stereocenters. The van der Waals surface area contributed by atoms with Crippen molar-refractivity contribution in [1.82, 2.24) is 5.01 Å². The van der Waals surface area contributed by atoms with Crippen LogP contribution in [0.4, 0.5) is 5.69 Å². The molecule has 16 heavy (non-hydrogen) atoms. The summed E-state index contributed by atoms with van der Waals surface area (Å²) >= 11 is 0. The number of nitrogens with zero attached hydrogens (tertiary/aromatic N) is 4. The van der Waals surface area contributed by atoms with Crippen LogP contribution < -0.4 is 4.90 Å². The number of piperazine rings is 1. The highest BCUT2D eigenvalue weighted by molar-refractivity contribution is 5.46. The van der Waals surface area contributed by atoms with Gasteiger partial charge < -0.3 is 10.1 Å². The first-order chi connectivity index (χ1) is 7.81. The van der Waals surface area contributed by atoms with Crippen molar-refractivity contribution < 1.29 is 15.4 Å². The number of benzene rings is 1.